The normalized spacial score (nSPS) is 14.1. The number of para-hydroxylation sites is 1. The Balaban J connectivity index is 0.939. The molecule has 0 amide bonds. The molecule has 10 aromatic rings. The highest BCUT2D eigenvalue weighted by atomic mass is 15.1. The molecule has 63 heavy (non-hydrogen) atoms. The first-order valence-electron chi connectivity index (χ1n) is 22.2. The number of benzene rings is 10. The molecule has 3 aliphatic rings. The van der Waals surface area contributed by atoms with E-state index in [1.54, 1.807) is 0 Å². The van der Waals surface area contributed by atoms with E-state index in [-0.39, 0.29) is 10.8 Å². The van der Waals surface area contributed by atoms with Crippen LogP contribution in [0, 0.1) is 0 Å². The van der Waals surface area contributed by atoms with Gasteiger partial charge in [-0.25, -0.2) is 0 Å². The van der Waals surface area contributed by atoms with E-state index in [1.807, 2.05) is 0 Å². The van der Waals surface area contributed by atoms with Gasteiger partial charge in [-0.3, -0.25) is 0 Å². The Labute approximate surface area is 369 Å². The molecule has 0 N–H and O–H groups in total. The molecule has 0 fully saturated rings. The summed E-state index contributed by atoms with van der Waals surface area (Å²) in [7, 11) is 0. The van der Waals surface area contributed by atoms with Gasteiger partial charge in [0.2, 0.25) is 0 Å². The fourth-order valence-electron chi connectivity index (χ4n) is 11.9. The first-order chi connectivity index (χ1) is 31.0. The molecule has 0 atom stereocenters. The highest BCUT2D eigenvalue weighted by molar-refractivity contribution is 6.02. The van der Waals surface area contributed by atoms with Gasteiger partial charge in [0.15, 0.2) is 0 Å². The smallest absolute Gasteiger partial charge is 0.0725 e. The summed E-state index contributed by atoms with van der Waals surface area (Å²) < 4.78 is 0. The molecule has 0 radical (unpaired) electrons. The van der Waals surface area contributed by atoms with Gasteiger partial charge in [-0.2, -0.15) is 0 Å². The van der Waals surface area contributed by atoms with Gasteiger partial charge in [-0.15, -0.1) is 0 Å². The van der Waals surface area contributed by atoms with Gasteiger partial charge in [-0.05, 0) is 136 Å². The van der Waals surface area contributed by atoms with E-state index in [2.05, 4.69) is 243 Å². The van der Waals surface area contributed by atoms with Crippen molar-refractivity contribution >= 4 is 27.8 Å². The lowest BCUT2D eigenvalue weighted by Gasteiger charge is -2.30. The predicted octanol–water partition coefficient (Wildman–Crippen LogP) is 16.3. The molecule has 1 heteroatoms. The monoisotopic (exact) mass is 801 g/mol. The predicted molar refractivity (Wildman–Crippen MR) is 263 cm³/mol. The summed E-state index contributed by atoms with van der Waals surface area (Å²) in [6.07, 6.45) is 0. The van der Waals surface area contributed by atoms with E-state index < -0.39 is 0 Å². The summed E-state index contributed by atoms with van der Waals surface area (Å²) in [5.41, 5.74) is 24.0. The Morgan fingerprint density at radius 3 is 1.59 bits per heavy atom. The van der Waals surface area contributed by atoms with Crippen LogP contribution in [0.4, 0.5) is 17.1 Å². The van der Waals surface area contributed by atoms with Crippen LogP contribution in [0.1, 0.15) is 47.2 Å². The third-order valence-corrected chi connectivity index (χ3v) is 14.5. The lowest BCUT2D eigenvalue weighted by Crippen LogP contribution is -2.25. The molecule has 10 aromatic carbocycles. The van der Waals surface area contributed by atoms with E-state index in [1.165, 1.54) is 99.8 Å². The quantitative estimate of drug-likeness (QED) is 0.168. The Bertz CT molecular complexity index is 3440. The van der Waals surface area contributed by atoms with Crippen LogP contribution in [0.2, 0.25) is 0 Å². The molecule has 296 valence electrons. The van der Waals surface area contributed by atoms with Gasteiger partial charge < -0.3 is 4.90 Å². The molecule has 0 saturated carbocycles. The largest absolute Gasteiger partial charge is 0.310 e. The van der Waals surface area contributed by atoms with E-state index in [4.69, 9.17) is 0 Å². The summed E-state index contributed by atoms with van der Waals surface area (Å²) in [6, 6.07) is 83.7. The maximum atomic E-state index is 2.41. The van der Waals surface area contributed by atoms with Crippen molar-refractivity contribution in [3.8, 4) is 55.6 Å². The standard InChI is InChI=1S/C62H43N/c1-61(2)54-38-36-44(39-53(54)51-37-33-40-17-6-7-21-46(40)60(51)61)63(42-18-4-3-5-19-42)43-34-31-41(32-35-43)45-20-8-9-22-47(45)50-26-16-30-58-59(50)52-25-12-15-29-57(52)62(58)55-27-13-10-23-48(55)49-24-11-14-28-56(49)62/h3-39H,1-2H3. The van der Waals surface area contributed by atoms with E-state index >= 15 is 0 Å². The van der Waals surface area contributed by atoms with Crippen molar-refractivity contribution in [3.05, 3.63) is 258 Å². The lowest BCUT2D eigenvalue weighted by atomic mass is 9.70. The van der Waals surface area contributed by atoms with E-state index in [0.717, 1.165) is 17.1 Å². The SMILES string of the molecule is CC1(C)c2ccc(N(c3ccccc3)c3ccc(-c4ccccc4-c4cccc5c4-c4ccccc4C54c5ccccc5-c5ccccc54)cc3)cc2-c2ccc3ccccc3c21. The first-order valence-corrected chi connectivity index (χ1v) is 22.2. The van der Waals surface area contributed by atoms with Crippen molar-refractivity contribution < 1.29 is 0 Å². The van der Waals surface area contributed by atoms with Crippen LogP contribution in [0.5, 0.6) is 0 Å². The fraction of sp³-hybridized carbons (Fsp3) is 0.0645. The second kappa shape index (κ2) is 13.4. The van der Waals surface area contributed by atoms with Crippen molar-refractivity contribution in [2.24, 2.45) is 0 Å². The number of hydrogen-bond donors (Lipinski definition) is 0. The van der Waals surface area contributed by atoms with Gasteiger partial charge in [0, 0.05) is 22.5 Å². The molecule has 0 saturated heterocycles. The van der Waals surface area contributed by atoms with Gasteiger partial charge in [0.05, 0.1) is 5.41 Å². The average molecular weight is 802 g/mol. The lowest BCUT2D eigenvalue weighted by molar-refractivity contribution is 0.666. The summed E-state index contributed by atoms with van der Waals surface area (Å²) in [6.45, 7) is 4.76. The number of anilines is 3. The molecule has 0 bridgehead atoms. The van der Waals surface area contributed by atoms with Crippen molar-refractivity contribution in [2.45, 2.75) is 24.7 Å². The Kier molecular flexibility index (Phi) is 7.64. The minimum absolute atomic E-state index is 0.107. The zero-order valence-electron chi connectivity index (χ0n) is 35.3. The summed E-state index contributed by atoms with van der Waals surface area (Å²) in [4.78, 5) is 2.40. The van der Waals surface area contributed by atoms with Crippen LogP contribution in [0.15, 0.2) is 224 Å². The van der Waals surface area contributed by atoms with Crippen molar-refractivity contribution in [1.29, 1.82) is 0 Å². The van der Waals surface area contributed by atoms with Crippen LogP contribution >= 0.6 is 0 Å². The van der Waals surface area contributed by atoms with Crippen LogP contribution in [-0.2, 0) is 10.8 Å². The first kappa shape index (κ1) is 36.0. The topological polar surface area (TPSA) is 3.24 Å². The van der Waals surface area contributed by atoms with Gasteiger partial charge >= 0.3 is 0 Å². The molecule has 0 aliphatic heterocycles. The Morgan fingerprint density at radius 2 is 0.857 bits per heavy atom. The maximum Gasteiger partial charge on any atom is 0.0725 e. The van der Waals surface area contributed by atoms with Crippen molar-refractivity contribution in [3.63, 3.8) is 0 Å². The summed E-state index contributed by atoms with van der Waals surface area (Å²) in [5.74, 6) is 0. The zero-order chi connectivity index (χ0) is 41.9. The third-order valence-electron chi connectivity index (χ3n) is 14.5. The summed E-state index contributed by atoms with van der Waals surface area (Å²) in [5, 5.41) is 2.63. The highest BCUT2D eigenvalue weighted by Crippen LogP contribution is 2.64. The minimum Gasteiger partial charge on any atom is -0.310 e. The maximum absolute atomic E-state index is 2.41. The molecular weight excluding hydrogens is 759 g/mol. The van der Waals surface area contributed by atoms with Crippen LogP contribution in [0.3, 0.4) is 0 Å². The van der Waals surface area contributed by atoms with Gasteiger partial charge in [-0.1, -0.05) is 202 Å². The molecule has 3 aliphatic carbocycles. The van der Waals surface area contributed by atoms with E-state index in [9.17, 15) is 0 Å². The summed E-state index contributed by atoms with van der Waals surface area (Å²) >= 11 is 0. The molecule has 1 nitrogen and oxygen atoms in total. The van der Waals surface area contributed by atoms with Crippen LogP contribution in [0.25, 0.3) is 66.4 Å². The molecule has 0 unspecified atom stereocenters. The second-order valence-corrected chi connectivity index (χ2v) is 17.9. The third kappa shape index (κ3) is 4.94. The van der Waals surface area contributed by atoms with Gasteiger partial charge in [0.25, 0.3) is 0 Å². The Morgan fingerprint density at radius 1 is 0.317 bits per heavy atom. The molecule has 0 heterocycles. The van der Waals surface area contributed by atoms with Crippen LogP contribution < -0.4 is 4.90 Å². The average Bonchev–Trinajstić information content (AvgIpc) is 3.91. The minimum atomic E-state index is -0.379. The number of rotatable bonds is 5. The Hall–Kier alpha value is -7.74. The molecule has 13 rings (SSSR count). The molecule has 0 aromatic heterocycles. The van der Waals surface area contributed by atoms with Crippen molar-refractivity contribution in [1.82, 2.24) is 0 Å². The zero-order valence-corrected chi connectivity index (χ0v) is 35.3. The second-order valence-electron chi connectivity index (χ2n) is 17.9. The van der Waals surface area contributed by atoms with Crippen molar-refractivity contribution in [2.75, 3.05) is 4.90 Å². The van der Waals surface area contributed by atoms with Crippen LogP contribution in [-0.4, -0.2) is 0 Å². The molecular formula is C62H43N. The van der Waals surface area contributed by atoms with E-state index in [0.29, 0.717) is 0 Å². The van der Waals surface area contributed by atoms with Gasteiger partial charge in [0.1, 0.15) is 0 Å². The number of nitrogens with zero attached hydrogens (tertiary/aromatic N) is 1. The molecule has 1 spiro atoms. The highest BCUT2D eigenvalue weighted by Gasteiger charge is 2.52. The fourth-order valence-corrected chi connectivity index (χ4v) is 11.9. The number of hydrogen-bond acceptors (Lipinski definition) is 1. The number of fused-ring (bicyclic) bond motifs is 15.